The first-order valence-electron chi connectivity index (χ1n) is 8.49. The van der Waals surface area contributed by atoms with Gasteiger partial charge in [-0.15, -0.1) is 11.3 Å². The molecule has 1 saturated heterocycles. The summed E-state index contributed by atoms with van der Waals surface area (Å²) in [5, 5.41) is 0.803. The molecule has 1 aromatic carbocycles. The number of amides is 1. The van der Waals surface area contributed by atoms with Crippen molar-refractivity contribution in [2.24, 2.45) is 0 Å². The minimum absolute atomic E-state index is 0.0866. The molecule has 0 saturated carbocycles. The number of thiazole rings is 1. The fraction of sp³-hybridized carbons (Fsp3) is 0.250. The predicted octanol–water partition coefficient (Wildman–Crippen LogP) is 4.49. The predicted molar refractivity (Wildman–Crippen MR) is 99.5 cm³/mol. The number of likely N-dealkylation sites (tertiary alicyclic amines) is 1. The first kappa shape index (κ1) is 16.0. The van der Waals surface area contributed by atoms with Crippen LogP contribution < -0.4 is 0 Å². The lowest BCUT2D eigenvalue weighted by Crippen LogP contribution is -2.30. The lowest BCUT2D eigenvalue weighted by molar-refractivity contribution is 0.0739. The van der Waals surface area contributed by atoms with E-state index in [0.29, 0.717) is 0 Å². The molecule has 3 heterocycles. The van der Waals surface area contributed by atoms with Crippen molar-refractivity contribution in [3.05, 3.63) is 70.9 Å². The summed E-state index contributed by atoms with van der Waals surface area (Å²) in [6, 6.07) is 16.2. The maximum atomic E-state index is 13.2. The smallest absolute Gasteiger partial charge is 0.266 e. The average Bonchev–Trinajstić information content (AvgIpc) is 3.30. The van der Waals surface area contributed by atoms with Crippen LogP contribution in [0, 0.1) is 6.92 Å². The van der Waals surface area contributed by atoms with Crippen LogP contribution >= 0.6 is 11.3 Å². The van der Waals surface area contributed by atoms with Gasteiger partial charge in [0.15, 0.2) is 0 Å². The van der Waals surface area contributed by atoms with E-state index in [4.69, 9.17) is 0 Å². The number of aromatic nitrogens is 2. The van der Waals surface area contributed by atoms with E-state index in [0.717, 1.165) is 40.7 Å². The minimum Gasteiger partial charge on any atom is -0.331 e. The summed E-state index contributed by atoms with van der Waals surface area (Å²) in [5.74, 6) is 0.0866. The second-order valence-electron chi connectivity index (χ2n) is 6.22. The van der Waals surface area contributed by atoms with E-state index in [2.05, 4.69) is 22.1 Å². The lowest BCUT2D eigenvalue weighted by Gasteiger charge is -2.24. The molecule has 1 fully saturated rings. The van der Waals surface area contributed by atoms with Crippen molar-refractivity contribution in [3.8, 4) is 10.7 Å². The number of carbonyl (C=O) groups excluding carboxylic acids is 1. The van der Waals surface area contributed by atoms with Crippen molar-refractivity contribution in [2.75, 3.05) is 6.54 Å². The van der Waals surface area contributed by atoms with E-state index in [1.54, 1.807) is 6.20 Å². The number of aryl methyl sites for hydroxylation is 1. The van der Waals surface area contributed by atoms with E-state index in [9.17, 15) is 4.79 Å². The topological polar surface area (TPSA) is 46.1 Å². The Kier molecular flexibility index (Phi) is 4.32. The van der Waals surface area contributed by atoms with Gasteiger partial charge in [-0.1, -0.05) is 36.4 Å². The van der Waals surface area contributed by atoms with Gasteiger partial charge in [0.2, 0.25) is 0 Å². The first-order valence-corrected chi connectivity index (χ1v) is 9.30. The molecule has 1 atom stereocenters. The molecule has 2 aromatic heterocycles. The number of benzene rings is 1. The van der Waals surface area contributed by atoms with Gasteiger partial charge in [0.05, 0.1) is 17.4 Å². The van der Waals surface area contributed by atoms with E-state index in [1.807, 2.05) is 48.2 Å². The number of hydrogen-bond donors (Lipinski definition) is 0. The van der Waals surface area contributed by atoms with Gasteiger partial charge < -0.3 is 4.90 Å². The monoisotopic (exact) mass is 349 g/mol. The number of rotatable bonds is 3. The highest BCUT2D eigenvalue weighted by atomic mass is 32.1. The van der Waals surface area contributed by atoms with Crippen LogP contribution in [-0.2, 0) is 0 Å². The molecule has 3 aromatic rings. The Morgan fingerprint density at radius 3 is 2.72 bits per heavy atom. The summed E-state index contributed by atoms with van der Waals surface area (Å²) >= 11 is 1.44. The number of carbonyl (C=O) groups is 1. The van der Waals surface area contributed by atoms with Gasteiger partial charge in [0, 0.05) is 12.7 Å². The normalized spacial score (nSPS) is 17.0. The fourth-order valence-corrected chi connectivity index (χ4v) is 4.35. The summed E-state index contributed by atoms with van der Waals surface area (Å²) in [4.78, 5) is 24.8. The molecule has 0 aliphatic carbocycles. The first-order chi connectivity index (χ1) is 12.2. The second-order valence-corrected chi connectivity index (χ2v) is 7.21. The van der Waals surface area contributed by atoms with E-state index >= 15 is 0 Å². The van der Waals surface area contributed by atoms with Crippen LogP contribution in [0.4, 0.5) is 0 Å². The van der Waals surface area contributed by atoms with Gasteiger partial charge in [-0.05, 0) is 37.5 Å². The molecule has 0 spiro atoms. The third-order valence-corrected chi connectivity index (χ3v) is 5.74. The molecule has 5 heteroatoms. The number of hydrogen-bond acceptors (Lipinski definition) is 4. The standard InChI is InChI=1S/C20H19N3OS/c1-14-18(25-19(22-14)16-10-5-6-12-21-16)20(24)23-13-7-11-17(23)15-8-3-2-4-9-15/h2-6,8-10,12,17H,7,11,13H2,1H3/t17-/m0/s1. The van der Waals surface area contributed by atoms with Crippen molar-refractivity contribution in [2.45, 2.75) is 25.8 Å². The van der Waals surface area contributed by atoms with Crippen LogP contribution in [0.1, 0.15) is 39.8 Å². The molecular formula is C20H19N3OS. The third-order valence-electron chi connectivity index (χ3n) is 4.57. The molecule has 0 bridgehead atoms. The highest BCUT2D eigenvalue weighted by molar-refractivity contribution is 7.17. The molecule has 1 amide bonds. The summed E-state index contributed by atoms with van der Waals surface area (Å²) in [6.07, 6.45) is 3.80. The maximum Gasteiger partial charge on any atom is 0.266 e. The Hall–Kier alpha value is -2.53. The quantitative estimate of drug-likeness (QED) is 0.700. The van der Waals surface area contributed by atoms with Crippen LogP contribution in [0.25, 0.3) is 10.7 Å². The molecule has 4 rings (SSSR count). The van der Waals surface area contributed by atoms with Crippen LogP contribution in [0.3, 0.4) is 0 Å². The van der Waals surface area contributed by atoms with Crippen molar-refractivity contribution >= 4 is 17.2 Å². The van der Waals surface area contributed by atoms with Gasteiger partial charge in [-0.3, -0.25) is 9.78 Å². The highest BCUT2D eigenvalue weighted by Gasteiger charge is 2.32. The van der Waals surface area contributed by atoms with Gasteiger partial charge in [-0.2, -0.15) is 0 Å². The van der Waals surface area contributed by atoms with Crippen molar-refractivity contribution < 1.29 is 4.79 Å². The number of pyridine rings is 1. The number of nitrogens with zero attached hydrogens (tertiary/aromatic N) is 3. The van der Waals surface area contributed by atoms with E-state index < -0.39 is 0 Å². The SMILES string of the molecule is Cc1nc(-c2ccccn2)sc1C(=O)N1CCC[C@H]1c1ccccc1. The van der Waals surface area contributed by atoms with Crippen LogP contribution in [0.15, 0.2) is 54.7 Å². The Labute approximate surface area is 151 Å². The molecule has 1 aliphatic rings. The van der Waals surface area contributed by atoms with Crippen molar-refractivity contribution in [1.82, 2.24) is 14.9 Å². The van der Waals surface area contributed by atoms with Crippen molar-refractivity contribution in [1.29, 1.82) is 0 Å². The Balaban J connectivity index is 1.64. The fourth-order valence-electron chi connectivity index (χ4n) is 3.36. The molecule has 126 valence electrons. The largest absolute Gasteiger partial charge is 0.331 e. The van der Waals surface area contributed by atoms with Gasteiger partial charge in [0.1, 0.15) is 9.88 Å². The van der Waals surface area contributed by atoms with Crippen LogP contribution in [-0.4, -0.2) is 27.3 Å². The van der Waals surface area contributed by atoms with Crippen LogP contribution in [0.2, 0.25) is 0 Å². The third kappa shape index (κ3) is 3.07. The Morgan fingerprint density at radius 2 is 1.96 bits per heavy atom. The average molecular weight is 349 g/mol. The maximum absolute atomic E-state index is 13.2. The second kappa shape index (κ2) is 6.76. The molecule has 4 nitrogen and oxygen atoms in total. The van der Waals surface area contributed by atoms with Crippen LogP contribution in [0.5, 0.6) is 0 Å². The zero-order chi connectivity index (χ0) is 17.2. The minimum atomic E-state index is 0.0866. The molecule has 0 N–H and O–H groups in total. The Bertz CT molecular complexity index is 876. The van der Waals surface area contributed by atoms with Gasteiger partial charge >= 0.3 is 0 Å². The van der Waals surface area contributed by atoms with Crippen molar-refractivity contribution in [3.63, 3.8) is 0 Å². The Morgan fingerprint density at radius 1 is 1.16 bits per heavy atom. The molecule has 1 aliphatic heterocycles. The lowest BCUT2D eigenvalue weighted by atomic mass is 10.0. The molecule has 0 unspecified atom stereocenters. The molecule has 25 heavy (non-hydrogen) atoms. The van der Waals surface area contributed by atoms with Gasteiger partial charge in [-0.25, -0.2) is 4.98 Å². The summed E-state index contributed by atoms with van der Waals surface area (Å²) in [7, 11) is 0. The zero-order valence-electron chi connectivity index (χ0n) is 14.1. The molecule has 0 radical (unpaired) electrons. The summed E-state index contributed by atoms with van der Waals surface area (Å²) in [6.45, 7) is 2.71. The highest BCUT2D eigenvalue weighted by Crippen LogP contribution is 2.35. The summed E-state index contributed by atoms with van der Waals surface area (Å²) < 4.78 is 0. The van der Waals surface area contributed by atoms with E-state index in [-0.39, 0.29) is 11.9 Å². The van der Waals surface area contributed by atoms with Gasteiger partial charge in [0.25, 0.3) is 5.91 Å². The summed E-state index contributed by atoms with van der Waals surface area (Å²) in [5.41, 5.74) is 2.81. The molecular weight excluding hydrogens is 330 g/mol. The zero-order valence-corrected chi connectivity index (χ0v) is 14.9. The van der Waals surface area contributed by atoms with E-state index in [1.165, 1.54) is 16.9 Å².